The molecule has 2 aromatic rings. The second-order valence-corrected chi connectivity index (χ2v) is 7.58. The smallest absolute Gasteiger partial charge is 0.127 e. The van der Waals surface area contributed by atoms with Crippen LogP contribution < -0.4 is 4.74 Å². The van der Waals surface area contributed by atoms with Crippen molar-refractivity contribution in [1.82, 2.24) is 14.7 Å². The van der Waals surface area contributed by atoms with E-state index in [4.69, 9.17) is 4.74 Å². The van der Waals surface area contributed by atoms with Crippen molar-refractivity contribution in [2.75, 3.05) is 46.3 Å². The van der Waals surface area contributed by atoms with Crippen LogP contribution in [0.1, 0.15) is 12.0 Å². The van der Waals surface area contributed by atoms with Crippen LogP contribution in [-0.2, 0) is 6.54 Å². The predicted octanol–water partition coefficient (Wildman–Crippen LogP) is 3.30. The molecule has 2 aromatic carbocycles. The summed E-state index contributed by atoms with van der Waals surface area (Å²) in [4.78, 5) is 7.71. The van der Waals surface area contributed by atoms with E-state index in [9.17, 15) is 0 Å². The molecule has 0 spiro atoms. The summed E-state index contributed by atoms with van der Waals surface area (Å²) in [6.07, 6.45) is 1.30. The Morgan fingerprint density at radius 3 is 2.46 bits per heavy atom. The fourth-order valence-corrected chi connectivity index (χ4v) is 4.03. The number of likely N-dealkylation sites (tertiary alicyclic amines) is 1. The number of nitrogens with zero attached hydrogens (tertiary/aromatic N) is 3. The van der Waals surface area contributed by atoms with Gasteiger partial charge >= 0.3 is 0 Å². The molecule has 2 saturated heterocycles. The molecule has 4 nitrogen and oxygen atoms in total. The number of likely N-dealkylation sites (N-methyl/N-ethyl adjacent to an activating group) is 1. The molecule has 2 aliphatic rings. The Bertz CT molecular complexity index is 698. The van der Waals surface area contributed by atoms with Gasteiger partial charge < -0.3 is 9.64 Å². The molecular formula is C22H29N3O. The van der Waals surface area contributed by atoms with E-state index >= 15 is 0 Å². The van der Waals surface area contributed by atoms with Crippen LogP contribution in [0.4, 0.5) is 0 Å². The summed E-state index contributed by atoms with van der Waals surface area (Å²) >= 11 is 0. The molecule has 0 N–H and O–H groups in total. The van der Waals surface area contributed by atoms with Gasteiger partial charge in [0.2, 0.25) is 0 Å². The van der Waals surface area contributed by atoms with E-state index in [1.807, 2.05) is 36.4 Å². The summed E-state index contributed by atoms with van der Waals surface area (Å²) in [5, 5.41) is 0. The summed E-state index contributed by atoms with van der Waals surface area (Å²) in [5.41, 5.74) is 1.33. The number of para-hydroxylation sites is 1. The van der Waals surface area contributed by atoms with E-state index in [-0.39, 0.29) is 0 Å². The van der Waals surface area contributed by atoms with E-state index in [0.29, 0.717) is 0 Å². The number of hydrogen-bond donors (Lipinski definition) is 0. The standard InChI is InChI=1S/C22H29N3O/c1-23-12-14-25(15-13-23)20-10-11-24(18-20)17-19-6-5-9-22(16-19)26-21-7-3-2-4-8-21/h2-9,16,20H,10-15,17-18H2,1H3/t20-/m0/s1. The fraction of sp³-hybridized carbons (Fsp3) is 0.455. The molecule has 0 aromatic heterocycles. The maximum absolute atomic E-state index is 5.98. The van der Waals surface area contributed by atoms with Crippen LogP contribution in [0.2, 0.25) is 0 Å². The molecular weight excluding hydrogens is 322 g/mol. The minimum absolute atomic E-state index is 0.729. The van der Waals surface area contributed by atoms with Crippen molar-refractivity contribution in [1.29, 1.82) is 0 Å². The topological polar surface area (TPSA) is 19.0 Å². The normalized spacial score (nSPS) is 22.6. The molecule has 0 saturated carbocycles. The third-order valence-electron chi connectivity index (χ3n) is 5.59. The second kappa shape index (κ2) is 8.21. The Kier molecular flexibility index (Phi) is 5.54. The molecule has 0 bridgehead atoms. The van der Waals surface area contributed by atoms with E-state index in [2.05, 4.69) is 39.9 Å². The second-order valence-electron chi connectivity index (χ2n) is 7.58. The Balaban J connectivity index is 1.32. The highest BCUT2D eigenvalue weighted by Crippen LogP contribution is 2.24. The predicted molar refractivity (Wildman–Crippen MR) is 106 cm³/mol. The fourth-order valence-electron chi connectivity index (χ4n) is 4.03. The van der Waals surface area contributed by atoms with Crippen molar-refractivity contribution in [3.05, 3.63) is 60.2 Å². The lowest BCUT2D eigenvalue weighted by Crippen LogP contribution is -2.49. The summed E-state index contributed by atoms with van der Waals surface area (Å²) in [5.74, 6) is 1.81. The van der Waals surface area contributed by atoms with E-state index in [0.717, 1.165) is 24.1 Å². The zero-order valence-corrected chi connectivity index (χ0v) is 15.7. The summed E-state index contributed by atoms with van der Waals surface area (Å²) in [6.45, 7) is 8.24. The number of benzene rings is 2. The molecule has 2 fully saturated rings. The van der Waals surface area contributed by atoms with Crippen molar-refractivity contribution in [2.45, 2.75) is 19.0 Å². The first kappa shape index (κ1) is 17.5. The first-order chi connectivity index (χ1) is 12.8. The lowest BCUT2D eigenvalue weighted by Gasteiger charge is -2.36. The van der Waals surface area contributed by atoms with Gasteiger partial charge in [-0.2, -0.15) is 0 Å². The zero-order valence-electron chi connectivity index (χ0n) is 15.7. The van der Waals surface area contributed by atoms with Gasteiger partial charge in [0.1, 0.15) is 11.5 Å². The Morgan fingerprint density at radius 1 is 0.885 bits per heavy atom. The number of ether oxygens (including phenoxy) is 1. The molecule has 4 heteroatoms. The molecule has 4 rings (SSSR count). The Morgan fingerprint density at radius 2 is 1.65 bits per heavy atom. The minimum Gasteiger partial charge on any atom is -0.457 e. The van der Waals surface area contributed by atoms with Crippen molar-refractivity contribution in [3.8, 4) is 11.5 Å². The van der Waals surface area contributed by atoms with E-state index in [1.165, 1.54) is 51.3 Å². The third-order valence-corrected chi connectivity index (χ3v) is 5.59. The maximum Gasteiger partial charge on any atom is 0.127 e. The van der Waals surface area contributed by atoms with Crippen molar-refractivity contribution in [3.63, 3.8) is 0 Å². The summed E-state index contributed by atoms with van der Waals surface area (Å²) in [6, 6.07) is 19.2. The van der Waals surface area contributed by atoms with E-state index < -0.39 is 0 Å². The summed E-state index contributed by atoms with van der Waals surface area (Å²) < 4.78 is 5.98. The highest BCUT2D eigenvalue weighted by molar-refractivity contribution is 5.33. The van der Waals surface area contributed by atoms with Crippen molar-refractivity contribution in [2.24, 2.45) is 0 Å². The first-order valence-electron chi connectivity index (χ1n) is 9.73. The molecule has 138 valence electrons. The van der Waals surface area contributed by atoms with Crippen LogP contribution in [0.5, 0.6) is 11.5 Å². The van der Waals surface area contributed by atoms with Gasteiger partial charge in [-0.05, 0) is 43.3 Å². The minimum atomic E-state index is 0.729. The van der Waals surface area contributed by atoms with Gasteiger partial charge in [0, 0.05) is 51.9 Å². The lowest BCUT2D eigenvalue weighted by atomic mass is 10.2. The Labute approximate surface area is 157 Å². The molecule has 2 aliphatic heterocycles. The van der Waals surface area contributed by atoms with Gasteiger partial charge in [0.15, 0.2) is 0 Å². The zero-order chi connectivity index (χ0) is 17.8. The van der Waals surface area contributed by atoms with Crippen LogP contribution >= 0.6 is 0 Å². The largest absolute Gasteiger partial charge is 0.457 e. The summed E-state index contributed by atoms with van der Waals surface area (Å²) in [7, 11) is 2.22. The van der Waals surface area contributed by atoms with Crippen LogP contribution in [0.25, 0.3) is 0 Å². The first-order valence-corrected chi connectivity index (χ1v) is 9.73. The molecule has 2 heterocycles. The number of hydrogen-bond acceptors (Lipinski definition) is 4. The van der Waals surface area contributed by atoms with Gasteiger partial charge in [0.25, 0.3) is 0 Å². The van der Waals surface area contributed by atoms with Gasteiger partial charge in [-0.1, -0.05) is 30.3 Å². The van der Waals surface area contributed by atoms with Gasteiger partial charge in [-0.15, -0.1) is 0 Å². The third kappa shape index (κ3) is 4.44. The molecule has 0 amide bonds. The molecule has 0 unspecified atom stereocenters. The lowest BCUT2D eigenvalue weighted by molar-refractivity contribution is 0.112. The van der Waals surface area contributed by atoms with Crippen LogP contribution in [-0.4, -0.2) is 67.1 Å². The highest BCUT2D eigenvalue weighted by atomic mass is 16.5. The highest BCUT2D eigenvalue weighted by Gasteiger charge is 2.29. The Hall–Kier alpha value is -1.88. The number of rotatable bonds is 5. The molecule has 0 radical (unpaired) electrons. The molecule has 0 aliphatic carbocycles. The molecule has 26 heavy (non-hydrogen) atoms. The quantitative estimate of drug-likeness (QED) is 0.823. The maximum atomic E-state index is 5.98. The average molecular weight is 351 g/mol. The van der Waals surface area contributed by atoms with Crippen LogP contribution in [0, 0.1) is 0 Å². The van der Waals surface area contributed by atoms with Crippen molar-refractivity contribution >= 4 is 0 Å². The van der Waals surface area contributed by atoms with Gasteiger partial charge in [-0.25, -0.2) is 0 Å². The SMILES string of the molecule is CN1CCN([C@H]2CCN(Cc3cccc(Oc4ccccc4)c3)C2)CC1. The van der Waals surface area contributed by atoms with Gasteiger partial charge in [0.05, 0.1) is 0 Å². The van der Waals surface area contributed by atoms with Crippen LogP contribution in [0.3, 0.4) is 0 Å². The van der Waals surface area contributed by atoms with E-state index in [1.54, 1.807) is 0 Å². The van der Waals surface area contributed by atoms with Crippen LogP contribution in [0.15, 0.2) is 54.6 Å². The van der Waals surface area contributed by atoms with Gasteiger partial charge in [-0.3, -0.25) is 9.80 Å². The number of piperazine rings is 1. The van der Waals surface area contributed by atoms with Crippen molar-refractivity contribution < 1.29 is 4.74 Å². The molecule has 1 atom stereocenters. The monoisotopic (exact) mass is 351 g/mol. The average Bonchev–Trinajstić information content (AvgIpc) is 3.12.